The minimum Gasteiger partial charge on any atom is -0.378 e. The molecule has 0 amide bonds. The van der Waals surface area contributed by atoms with E-state index in [0.717, 1.165) is 32.5 Å². The molecule has 1 aliphatic heterocycles. The van der Waals surface area contributed by atoms with Crippen LogP contribution in [0.25, 0.3) is 0 Å². The number of ether oxygens (including phenoxy) is 1. The molecule has 0 saturated carbocycles. The molecule has 1 fully saturated rings. The molecule has 18 heavy (non-hydrogen) atoms. The number of nitrogens with zero attached hydrogens (tertiary/aromatic N) is 1. The number of alkyl halides is 3. The molecule has 0 aromatic heterocycles. The van der Waals surface area contributed by atoms with Gasteiger partial charge >= 0.3 is 6.18 Å². The van der Waals surface area contributed by atoms with Crippen molar-refractivity contribution >= 4 is 0 Å². The number of likely N-dealkylation sites (tertiary alicyclic amines) is 1. The molecule has 0 aliphatic carbocycles. The molecule has 3 nitrogen and oxygen atoms in total. The Balaban J connectivity index is 2.17. The Morgan fingerprint density at radius 1 is 1.33 bits per heavy atom. The summed E-state index contributed by atoms with van der Waals surface area (Å²) in [5.74, 6) is 0. The monoisotopic (exact) mass is 268 g/mol. The summed E-state index contributed by atoms with van der Waals surface area (Å²) in [4.78, 5) is 2.22. The number of rotatable bonds is 6. The first kappa shape index (κ1) is 15.7. The molecular weight excluding hydrogens is 245 g/mol. The Labute approximate surface area is 107 Å². The summed E-state index contributed by atoms with van der Waals surface area (Å²) in [6, 6.07) is 0.134. The quantitative estimate of drug-likeness (QED) is 0.797. The van der Waals surface area contributed by atoms with E-state index in [2.05, 4.69) is 10.2 Å². The van der Waals surface area contributed by atoms with Crippen LogP contribution in [0.3, 0.4) is 0 Å². The molecule has 1 N–H and O–H groups in total. The number of halogens is 3. The number of piperidine rings is 1. The van der Waals surface area contributed by atoms with Gasteiger partial charge in [-0.15, -0.1) is 0 Å². The van der Waals surface area contributed by atoms with Crippen LogP contribution in [0.2, 0.25) is 0 Å². The molecule has 6 heteroatoms. The van der Waals surface area contributed by atoms with Crippen molar-refractivity contribution in [3.05, 3.63) is 0 Å². The molecule has 1 rings (SSSR count). The van der Waals surface area contributed by atoms with Crippen LogP contribution in [0.15, 0.2) is 0 Å². The summed E-state index contributed by atoms with van der Waals surface area (Å²) in [6.07, 6.45) is -1.86. The second-order valence-corrected chi connectivity index (χ2v) is 4.79. The third-order valence-electron chi connectivity index (χ3n) is 3.27. The summed E-state index contributed by atoms with van der Waals surface area (Å²) in [5, 5.41) is 2.46. The first-order valence-electron chi connectivity index (χ1n) is 6.55. The number of hydrogen-bond donors (Lipinski definition) is 1. The van der Waals surface area contributed by atoms with Gasteiger partial charge in [0.15, 0.2) is 0 Å². The fourth-order valence-corrected chi connectivity index (χ4v) is 2.27. The van der Waals surface area contributed by atoms with Crippen molar-refractivity contribution in [2.24, 2.45) is 0 Å². The molecule has 1 saturated heterocycles. The lowest BCUT2D eigenvalue weighted by atomic mass is 10.1. The van der Waals surface area contributed by atoms with E-state index in [1.54, 1.807) is 0 Å². The molecule has 1 heterocycles. The summed E-state index contributed by atoms with van der Waals surface area (Å²) in [6.45, 7) is 5.94. The highest BCUT2D eigenvalue weighted by Gasteiger charge is 2.27. The predicted octanol–water partition coefficient (Wildman–Crippen LogP) is 2.03. The fourth-order valence-electron chi connectivity index (χ4n) is 2.27. The molecule has 0 radical (unpaired) electrons. The maximum atomic E-state index is 12.0. The van der Waals surface area contributed by atoms with Crippen LogP contribution in [0.5, 0.6) is 0 Å². The van der Waals surface area contributed by atoms with Crippen molar-refractivity contribution in [2.75, 3.05) is 32.8 Å². The van der Waals surface area contributed by atoms with E-state index in [4.69, 9.17) is 4.74 Å². The van der Waals surface area contributed by atoms with Crippen LogP contribution in [0.4, 0.5) is 13.2 Å². The van der Waals surface area contributed by atoms with E-state index in [1.165, 1.54) is 0 Å². The van der Waals surface area contributed by atoms with Crippen LogP contribution in [0.1, 0.15) is 26.7 Å². The van der Waals surface area contributed by atoms with E-state index in [-0.39, 0.29) is 6.04 Å². The lowest BCUT2D eigenvalue weighted by Gasteiger charge is -2.36. The van der Waals surface area contributed by atoms with E-state index in [0.29, 0.717) is 12.6 Å². The molecule has 0 bridgehead atoms. The smallest absolute Gasteiger partial charge is 0.378 e. The highest BCUT2D eigenvalue weighted by molar-refractivity contribution is 4.78. The number of nitrogens with one attached hydrogen (secondary N) is 1. The van der Waals surface area contributed by atoms with Crippen LogP contribution < -0.4 is 5.32 Å². The highest BCUT2D eigenvalue weighted by atomic mass is 19.4. The third-order valence-corrected chi connectivity index (χ3v) is 3.27. The van der Waals surface area contributed by atoms with Gasteiger partial charge in [0, 0.05) is 32.3 Å². The summed E-state index contributed by atoms with van der Waals surface area (Å²) in [7, 11) is 0. The summed E-state index contributed by atoms with van der Waals surface area (Å²) < 4.78 is 41.5. The summed E-state index contributed by atoms with van der Waals surface area (Å²) in [5.41, 5.74) is 0. The predicted molar refractivity (Wildman–Crippen MR) is 64.6 cm³/mol. The second kappa shape index (κ2) is 7.31. The first-order chi connectivity index (χ1) is 8.42. The molecule has 0 spiro atoms. The molecule has 1 aliphatic rings. The van der Waals surface area contributed by atoms with Crippen molar-refractivity contribution in [3.63, 3.8) is 0 Å². The van der Waals surface area contributed by atoms with Gasteiger partial charge in [0.1, 0.15) is 0 Å². The minimum atomic E-state index is -4.12. The molecule has 0 aromatic rings. The Kier molecular flexibility index (Phi) is 6.38. The highest BCUT2D eigenvalue weighted by Crippen LogP contribution is 2.16. The normalized spacial score (nSPS) is 21.2. The second-order valence-electron chi connectivity index (χ2n) is 4.79. The standard InChI is InChI=1S/C12H23F3N2O/c1-3-18-11-4-6-17(7-5-11)10(2)8-16-9-12(13,14)15/h10-11,16H,3-9H2,1-2H3. The Hall–Kier alpha value is -0.330. The Morgan fingerprint density at radius 2 is 1.94 bits per heavy atom. The van der Waals surface area contributed by atoms with E-state index in [1.807, 2.05) is 13.8 Å². The van der Waals surface area contributed by atoms with E-state index in [9.17, 15) is 13.2 Å². The van der Waals surface area contributed by atoms with Crippen molar-refractivity contribution in [3.8, 4) is 0 Å². The average Bonchev–Trinajstić information content (AvgIpc) is 2.28. The van der Waals surface area contributed by atoms with E-state index >= 15 is 0 Å². The van der Waals surface area contributed by atoms with E-state index < -0.39 is 12.7 Å². The van der Waals surface area contributed by atoms with Gasteiger partial charge in [-0.1, -0.05) is 0 Å². The first-order valence-corrected chi connectivity index (χ1v) is 6.55. The van der Waals surface area contributed by atoms with Crippen molar-refractivity contribution in [1.29, 1.82) is 0 Å². The van der Waals surface area contributed by atoms with Gasteiger partial charge < -0.3 is 10.1 Å². The molecule has 0 aromatic carbocycles. The molecule has 1 atom stereocenters. The zero-order chi connectivity index (χ0) is 13.6. The maximum Gasteiger partial charge on any atom is 0.401 e. The van der Waals surface area contributed by atoms with Crippen molar-refractivity contribution < 1.29 is 17.9 Å². The van der Waals surface area contributed by atoms with Gasteiger partial charge in [0.2, 0.25) is 0 Å². The van der Waals surface area contributed by atoms with Crippen molar-refractivity contribution in [2.45, 2.75) is 45.0 Å². The van der Waals surface area contributed by atoms with Gasteiger partial charge in [0.05, 0.1) is 12.6 Å². The minimum absolute atomic E-state index is 0.134. The van der Waals surface area contributed by atoms with Gasteiger partial charge in [-0.25, -0.2) is 0 Å². The molecule has 1 unspecified atom stereocenters. The largest absolute Gasteiger partial charge is 0.401 e. The lowest BCUT2D eigenvalue weighted by molar-refractivity contribution is -0.125. The lowest BCUT2D eigenvalue weighted by Crippen LogP contribution is -2.47. The average molecular weight is 268 g/mol. The summed E-state index contributed by atoms with van der Waals surface area (Å²) >= 11 is 0. The van der Waals surface area contributed by atoms with Gasteiger partial charge in [-0.3, -0.25) is 4.90 Å². The maximum absolute atomic E-state index is 12.0. The van der Waals surface area contributed by atoms with Crippen LogP contribution >= 0.6 is 0 Å². The SMILES string of the molecule is CCOC1CCN(C(C)CNCC(F)(F)F)CC1. The Bertz CT molecular complexity index is 228. The van der Waals surface area contributed by atoms with Crippen LogP contribution in [0, 0.1) is 0 Å². The van der Waals surface area contributed by atoms with Crippen LogP contribution in [-0.4, -0.2) is 56.0 Å². The van der Waals surface area contributed by atoms with Gasteiger partial charge in [-0.05, 0) is 26.7 Å². The zero-order valence-electron chi connectivity index (χ0n) is 11.1. The fraction of sp³-hybridized carbons (Fsp3) is 1.00. The molecule has 108 valence electrons. The Morgan fingerprint density at radius 3 is 2.44 bits per heavy atom. The third kappa shape index (κ3) is 6.02. The number of hydrogen-bond acceptors (Lipinski definition) is 3. The van der Waals surface area contributed by atoms with Gasteiger partial charge in [0.25, 0.3) is 0 Å². The van der Waals surface area contributed by atoms with Crippen molar-refractivity contribution in [1.82, 2.24) is 10.2 Å². The zero-order valence-corrected chi connectivity index (χ0v) is 11.1. The molecular formula is C12H23F3N2O. The van der Waals surface area contributed by atoms with Gasteiger partial charge in [-0.2, -0.15) is 13.2 Å². The van der Waals surface area contributed by atoms with Crippen LogP contribution in [-0.2, 0) is 4.74 Å². The topological polar surface area (TPSA) is 24.5 Å².